The topological polar surface area (TPSA) is 35.5 Å². The Balaban J connectivity index is 1.79. The Bertz CT molecular complexity index is 834. The van der Waals surface area contributed by atoms with Crippen molar-refractivity contribution in [1.82, 2.24) is 0 Å². The predicted octanol–water partition coefficient (Wildman–Crippen LogP) is 7.16. The standard InChI is InChI=1S/C30H46NO3/c1-6-7-8-9-10-11-15-20-28-21-16-17-22-29(28)33-26(3)34-30(32)25(2)23-31(4,5)24-27-18-13-12-14-19-27/h12-14,16-19,21-22,25-26H,6-11,15,20,23-24H2,1-5H3/q+1. The van der Waals surface area contributed by atoms with Gasteiger partial charge in [0, 0.05) is 12.5 Å². The van der Waals surface area contributed by atoms with E-state index in [-0.39, 0.29) is 11.9 Å². The van der Waals surface area contributed by atoms with Crippen LogP contribution in [0.3, 0.4) is 0 Å². The minimum absolute atomic E-state index is 0.212. The van der Waals surface area contributed by atoms with Gasteiger partial charge >= 0.3 is 5.97 Å². The molecule has 2 aromatic carbocycles. The van der Waals surface area contributed by atoms with Crippen molar-refractivity contribution in [3.63, 3.8) is 0 Å². The second-order valence-electron chi connectivity index (χ2n) is 10.3. The third kappa shape index (κ3) is 10.7. The monoisotopic (exact) mass is 468 g/mol. The normalized spacial score (nSPS) is 13.3. The Morgan fingerprint density at radius 3 is 2.18 bits per heavy atom. The first-order valence-corrected chi connectivity index (χ1v) is 13.1. The molecule has 0 aliphatic carbocycles. The summed E-state index contributed by atoms with van der Waals surface area (Å²) in [5.74, 6) is 0.394. The fourth-order valence-corrected chi connectivity index (χ4v) is 4.54. The van der Waals surface area contributed by atoms with Crippen molar-refractivity contribution in [3.8, 4) is 5.75 Å². The van der Waals surface area contributed by atoms with Crippen LogP contribution >= 0.6 is 0 Å². The number of quaternary nitrogens is 1. The van der Waals surface area contributed by atoms with E-state index in [1.54, 1.807) is 6.92 Å². The second-order valence-corrected chi connectivity index (χ2v) is 10.3. The van der Waals surface area contributed by atoms with Crippen molar-refractivity contribution in [2.24, 2.45) is 5.92 Å². The summed E-state index contributed by atoms with van der Waals surface area (Å²) in [6, 6.07) is 18.5. The van der Waals surface area contributed by atoms with Crippen molar-refractivity contribution in [1.29, 1.82) is 0 Å². The van der Waals surface area contributed by atoms with Crippen LogP contribution in [0.5, 0.6) is 5.75 Å². The van der Waals surface area contributed by atoms with Gasteiger partial charge in [-0.1, -0.05) is 94.0 Å². The van der Waals surface area contributed by atoms with E-state index in [9.17, 15) is 4.79 Å². The van der Waals surface area contributed by atoms with Crippen LogP contribution < -0.4 is 4.74 Å². The molecule has 0 amide bonds. The minimum Gasteiger partial charge on any atom is -0.455 e. The average Bonchev–Trinajstić information content (AvgIpc) is 2.79. The number of hydrogen-bond acceptors (Lipinski definition) is 3. The van der Waals surface area contributed by atoms with Crippen LogP contribution in [-0.4, -0.2) is 37.4 Å². The highest BCUT2D eigenvalue weighted by Crippen LogP contribution is 2.23. The van der Waals surface area contributed by atoms with Crippen molar-refractivity contribution >= 4 is 5.97 Å². The molecule has 0 radical (unpaired) electrons. The maximum Gasteiger partial charge on any atom is 0.317 e. The lowest BCUT2D eigenvalue weighted by atomic mass is 10.0. The first-order chi connectivity index (χ1) is 16.3. The fourth-order valence-electron chi connectivity index (χ4n) is 4.54. The van der Waals surface area contributed by atoms with Gasteiger partial charge in [-0.25, -0.2) is 0 Å². The summed E-state index contributed by atoms with van der Waals surface area (Å²) in [5, 5.41) is 0. The SMILES string of the molecule is CCCCCCCCCc1ccccc1OC(C)OC(=O)C(C)C[N+](C)(C)Cc1ccccc1. The van der Waals surface area contributed by atoms with Crippen LogP contribution in [0.2, 0.25) is 0 Å². The van der Waals surface area contributed by atoms with E-state index < -0.39 is 6.29 Å². The molecular formula is C30H46NO3+. The molecule has 0 aliphatic rings. The Labute approximate surface area is 207 Å². The van der Waals surface area contributed by atoms with Crippen LogP contribution in [0.4, 0.5) is 0 Å². The van der Waals surface area contributed by atoms with Gasteiger partial charge in [0.2, 0.25) is 6.29 Å². The lowest BCUT2D eigenvalue weighted by Crippen LogP contribution is -2.44. The maximum absolute atomic E-state index is 12.8. The number of esters is 1. The van der Waals surface area contributed by atoms with Crippen molar-refractivity contribution in [2.45, 2.75) is 85.0 Å². The highest BCUT2D eigenvalue weighted by Gasteiger charge is 2.27. The molecule has 188 valence electrons. The molecule has 2 aromatic rings. The van der Waals surface area contributed by atoms with Gasteiger partial charge in [0.25, 0.3) is 0 Å². The zero-order valence-electron chi connectivity index (χ0n) is 22.1. The van der Waals surface area contributed by atoms with E-state index in [1.165, 1.54) is 49.7 Å². The zero-order chi connectivity index (χ0) is 24.8. The number of nitrogens with zero attached hydrogens (tertiary/aromatic N) is 1. The quantitative estimate of drug-likeness (QED) is 0.113. The number of ether oxygens (including phenoxy) is 2. The van der Waals surface area contributed by atoms with Gasteiger partial charge in [-0.05, 0) is 31.4 Å². The average molecular weight is 469 g/mol. The molecule has 0 N–H and O–H groups in total. The van der Waals surface area contributed by atoms with Gasteiger partial charge in [-0.3, -0.25) is 4.79 Å². The Morgan fingerprint density at radius 1 is 0.853 bits per heavy atom. The van der Waals surface area contributed by atoms with E-state index in [1.807, 2.05) is 25.1 Å². The molecule has 0 saturated heterocycles. The molecular weight excluding hydrogens is 422 g/mol. The summed E-state index contributed by atoms with van der Waals surface area (Å²) in [7, 11) is 4.30. The zero-order valence-corrected chi connectivity index (χ0v) is 22.1. The molecule has 0 saturated carbocycles. The predicted molar refractivity (Wildman–Crippen MR) is 141 cm³/mol. The summed E-state index contributed by atoms with van der Waals surface area (Å²) >= 11 is 0. The van der Waals surface area contributed by atoms with E-state index in [2.05, 4.69) is 57.4 Å². The number of para-hydroxylation sites is 1. The molecule has 2 atom stereocenters. The van der Waals surface area contributed by atoms with Gasteiger partial charge < -0.3 is 14.0 Å². The molecule has 0 fully saturated rings. The Kier molecular flexibility index (Phi) is 12.2. The summed E-state index contributed by atoms with van der Waals surface area (Å²) < 4.78 is 12.4. The molecule has 2 unspecified atom stereocenters. The molecule has 0 spiro atoms. The number of carbonyl (C=O) groups is 1. The first-order valence-electron chi connectivity index (χ1n) is 13.1. The van der Waals surface area contributed by atoms with Gasteiger partial charge in [-0.15, -0.1) is 0 Å². The van der Waals surface area contributed by atoms with Crippen molar-refractivity contribution in [3.05, 3.63) is 65.7 Å². The third-order valence-corrected chi connectivity index (χ3v) is 6.22. The number of rotatable bonds is 16. The van der Waals surface area contributed by atoms with E-state index >= 15 is 0 Å². The van der Waals surface area contributed by atoms with E-state index in [4.69, 9.17) is 9.47 Å². The highest BCUT2D eigenvalue weighted by atomic mass is 16.7. The molecule has 2 rings (SSSR count). The van der Waals surface area contributed by atoms with Crippen LogP contribution in [0, 0.1) is 5.92 Å². The number of unbranched alkanes of at least 4 members (excludes halogenated alkanes) is 6. The van der Waals surface area contributed by atoms with E-state index in [0.29, 0.717) is 6.54 Å². The van der Waals surface area contributed by atoms with Gasteiger partial charge in [0.1, 0.15) is 18.2 Å². The Hall–Kier alpha value is -2.33. The molecule has 34 heavy (non-hydrogen) atoms. The second kappa shape index (κ2) is 14.8. The van der Waals surface area contributed by atoms with Crippen LogP contribution in [0.15, 0.2) is 54.6 Å². The highest BCUT2D eigenvalue weighted by molar-refractivity contribution is 5.72. The molecule has 4 nitrogen and oxygen atoms in total. The van der Waals surface area contributed by atoms with Crippen molar-refractivity contribution < 1.29 is 18.8 Å². The number of benzene rings is 2. The molecule has 0 aliphatic heterocycles. The smallest absolute Gasteiger partial charge is 0.317 e. The lowest BCUT2D eigenvalue weighted by Gasteiger charge is -2.32. The number of aryl methyl sites for hydroxylation is 1. The third-order valence-electron chi connectivity index (χ3n) is 6.22. The molecule has 0 heterocycles. The number of carbonyl (C=O) groups excluding carboxylic acids is 1. The van der Waals surface area contributed by atoms with Gasteiger partial charge in [0.05, 0.1) is 20.6 Å². The molecule has 0 bridgehead atoms. The largest absolute Gasteiger partial charge is 0.455 e. The maximum atomic E-state index is 12.8. The summed E-state index contributed by atoms with van der Waals surface area (Å²) in [4.78, 5) is 12.8. The van der Waals surface area contributed by atoms with Crippen LogP contribution in [-0.2, 0) is 22.5 Å². The van der Waals surface area contributed by atoms with Gasteiger partial charge in [-0.2, -0.15) is 0 Å². The number of hydrogen-bond donors (Lipinski definition) is 0. The van der Waals surface area contributed by atoms with Gasteiger partial charge in [0.15, 0.2) is 0 Å². The first kappa shape index (κ1) is 27.9. The van der Waals surface area contributed by atoms with E-state index in [0.717, 1.165) is 29.6 Å². The summed E-state index contributed by atoms with van der Waals surface area (Å²) in [6.45, 7) is 7.57. The molecule has 4 heteroatoms. The summed E-state index contributed by atoms with van der Waals surface area (Å²) in [5.41, 5.74) is 2.45. The summed E-state index contributed by atoms with van der Waals surface area (Å²) in [6.07, 6.45) is 9.39. The molecule has 0 aromatic heterocycles. The van der Waals surface area contributed by atoms with Crippen molar-refractivity contribution in [2.75, 3.05) is 20.6 Å². The fraction of sp³-hybridized carbons (Fsp3) is 0.567. The van der Waals surface area contributed by atoms with Crippen LogP contribution in [0.25, 0.3) is 0 Å². The Morgan fingerprint density at radius 2 is 1.47 bits per heavy atom. The lowest BCUT2D eigenvalue weighted by molar-refractivity contribution is -0.905. The van der Waals surface area contributed by atoms with Crippen LogP contribution in [0.1, 0.15) is 76.8 Å². The minimum atomic E-state index is -0.616.